The van der Waals surface area contributed by atoms with Crippen LogP contribution in [0.15, 0.2) is 24.8 Å². The van der Waals surface area contributed by atoms with Crippen molar-refractivity contribution >= 4 is 11.9 Å². The predicted octanol–water partition coefficient (Wildman–Crippen LogP) is 1.83. The van der Waals surface area contributed by atoms with Gasteiger partial charge in [0.05, 0.1) is 5.56 Å². The molecule has 1 N–H and O–H groups in total. The number of rotatable bonds is 4. The summed E-state index contributed by atoms with van der Waals surface area (Å²) in [5.41, 5.74) is 1.72. The summed E-state index contributed by atoms with van der Waals surface area (Å²) in [6, 6.07) is 0. The monoisotopic (exact) mass is 368 g/mol. The highest BCUT2D eigenvalue weighted by molar-refractivity contribution is 5.94. The first-order valence-corrected chi connectivity index (χ1v) is 9.34. The second kappa shape index (κ2) is 7.56. The van der Waals surface area contributed by atoms with Crippen LogP contribution in [0.25, 0.3) is 0 Å². The molecule has 4 rings (SSSR count). The molecule has 2 aliphatic heterocycles. The zero-order chi connectivity index (χ0) is 18.7. The number of amides is 1. The lowest BCUT2D eigenvalue weighted by atomic mass is 9.80. The van der Waals surface area contributed by atoms with E-state index in [9.17, 15) is 4.79 Å². The fourth-order valence-electron chi connectivity index (χ4n) is 3.73. The molecule has 0 radical (unpaired) electrons. The smallest absolute Gasteiger partial charge is 0.257 e. The van der Waals surface area contributed by atoms with E-state index in [4.69, 9.17) is 4.74 Å². The summed E-state index contributed by atoms with van der Waals surface area (Å²) in [6.45, 7) is 5.59. The van der Waals surface area contributed by atoms with Crippen molar-refractivity contribution in [2.45, 2.75) is 32.7 Å². The minimum absolute atomic E-state index is 0.0110. The van der Waals surface area contributed by atoms with E-state index in [-0.39, 0.29) is 11.3 Å². The molecule has 2 saturated heterocycles. The number of ether oxygens (including phenoxy) is 1. The van der Waals surface area contributed by atoms with Gasteiger partial charge >= 0.3 is 0 Å². The molecule has 1 amide bonds. The fraction of sp³-hybridized carbons (Fsp3) is 0.526. The summed E-state index contributed by atoms with van der Waals surface area (Å²) < 4.78 is 5.47. The third-order valence-electron chi connectivity index (χ3n) is 5.46. The molecule has 2 aromatic rings. The Balaban J connectivity index is 1.34. The van der Waals surface area contributed by atoms with Gasteiger partial charge in [-0.1, -0.05) is 0 Å². The molecule has 0 atom stereocenters. The molecular weight excluding hydrogens is 344 g/mol. The summed E-state index contributed by atoms with van der Waals surface area (Å²) in [7, 11) is 0. The predicted molar refractivity (Wildman–Crippen MR) is 99.1 cm³/mol. The number of hydrogen-bond donors (Lipinski definition) is 1. The molecule has 0 aromatic carbocycles. The van der Waals surface area contributed by atoms with Crippen LogP contribution >= 0.6 is 0 Å². The first-order chi connectivity index (χ1) is 13.1. The summed E-state index contributed by atoms with van der Waals surface area (Å²) >= 11 is 0. The molecule has 8 heteroatoms. The molecule has 142 valence electrons. The second-order valence-corrected chi connectivity index (χ2v) is 7.38. The largest absolute Gasteiger partial charge is 0.381 e. The Kier molecular flexibility index (Phi) is 4.98. The summed E-state index contributed by atoms with van der Waals surface area (Å²) in [4.78, 5) is 31.6. The topological polar surface area (TPSA) is 93.1 Å². The third kappa shape index (κ3) is 4.05. The highest BCUT2D eigenvalue weighted by Gasteiger charge is 2.41. The minimum Gasteiger partial charge on any atom is -0.381 e. The van der Waals surface area contributed by atoms with Gasteiger partial charge in [0.2, 0.25) is 5.95 Å². The van der Waals surface area contributed by atoms with Gasteiger partial charge in [0.1, 0.15) is 5.82 Å². The number of carbonyl (C=O) groups excluding carboxylic acids is 1. The van der Waals surface area contributed by atoms with Gasteiger partial charge in [0, 0.05) is 63.2 Å². The molecule has 2 aliphatic rings. The number of hydrogen-bond acceptors (Lipinski definition) is 7. The van der Waals surface area contributed by atoms with E-state index in [0.29, 0.717) is 18.1 Å². The number of nitrogens with one attached hydrogen (secondary N) is 1. The van der Waals surface area contributed by atoms with E-state index in [2.05, 4.69) is 25.3 Å². The lowest BCUT2D eigenvalue weighted by molar-refractivity contribution is 0.0191. The Morgan fingerprint density at radius 3 is 2.52 bits per heavy atom. The van der Waals surface area contributed by atoms with E-state index < -0.39 is 0 Å². The molecule has 2 fully saturated rings. The third-order valence-corrected chi connectivity index (χ3v) is 5.46. The number of aromatic nitrogens is 4. The van der Waals surface area contributed by atoms with Gasteiger partial charge < -0.3 is 15.0 Å². The Morgan fingerprint density at radius 2 is 1.81 bits per heavy atom. The maximum Gasteiger partial charge on any atom is 0.257 e. The van der Waals surface area contributed by atoms with Gasteiger partial charge in [-0.3, -0.25) is 4.79 Å². The van der Waals surface area contributed by atoms with Crippen LogP contribution in [0, 0.1) is 12.3 Å². The number of carbonyl (C=O) groups is 1. The second-order valence-electron chi connectivity index (χ2n) is 7.38. The van der Waals surface area contributed by atoms with Crippen LogP contribution in [-0.2, 0) is 11.3 Å². The quantitative estimate of drug-likeness (QED) is 0.880. The average Bonchev–Trinajstić information content (AvgIpc) is 3.11. The van der Waals surface area contributed by atoms with Crippen molar-refractivity contribution in [1.82, 2.24) is 24.8 Å². The molecule has 2 aromatic heterocycles. The molecule has 0 bridgehead atoms. The van der Waals surface area contributed by atoms with Crippen LogP contribution in [0.4, 0.5) is 5.95 Å². The van der Waals surface area contributed by atoms with Gasteiger partial charge in [-0.2, -0.15) is 0 Å². The van der Waals surface area contributed by atoms with E-state index in [0.717, 1.165) is 57.0 Å². The first-order valence-electron chi connectivity index (χ1n) is 9.34. The van der Waals surface area contributed by atoms with Crippen LogP contribution < -0.4 is 5.32 Å². The normalized spacial score (nSPS) is 18.6. The molecule has 4 heterocycles. The SMILES string of the molecule is Cc1ncc(CNc2ncc(C(=O)N3CCC4(CCOCC4)C3)cn2)cn1. The van der Waals surface area contributed by atoms with Crippen molar-refractivity contribution in [3.8, 4) is 0 Å². The van der Waals surface area contributed by atoms with Crippen molar-refractivity contribution < 1.29 is 9.53 Å². The van der Waals surface area contributed by atoms with Crippen molar-refractivity contribution in [3.05, 3.63) is 41.7 Å². The van der Waals surface area contributed by atoms with Crippen LogP contribution in [0.5, 0.6) is 0 Å². The molecule has 0 aliphatic carbocycles. The lowest BCUT2D eigenvalue weighted by Crippen LogP contribution is -2.35. The lowest BCUT2D eigenvalue weighted by Gasteiger charge is -2.33. The molecule has 27 heavy (non-hydrogen) atoms. The van der Waals surface area contributed by atoms with Gasteiger partial charge in [0.25, 0.3) is 5.91 Å². The fourth-order valence-corrected chi connectivity index (χ4v) is 3.73. The summed E-state index contributed by atoms with van der Waals surface area (Å²) in [5.74, 6) is 1.23. The Bertz CT molecular complexity index is 787. The van der Waals surface area contributed by atoms with Crippen LogP contribution in [0.1, 0.15) is 41.0 Å². The molecule has 8 nitrogen and oxygen atoms in total. The number of nitrogens with zero attached hydrogens (tertiary/aromatic N) is 5. The van der Waals surface area contributed by atoms with E-state index in [1.54, 1.807) is 24.8 Å². The molecule has 0 saturated carbocycles. The van der Waals surface area contributed by atoms with Crippen molar-refractivity contribution in [3.63, 3.8) is 0 Å². The minimum atomic E-state index is 0.0110. The zero-order valence-electron chi connectivity index (χ0n) is 15.5. The van der Waals surface area contributed by atoms with Gasteiger partial charge in [-0.15, -0.1) is 0 Å². The zero-order valence-corrected chi connectivity index (χ0v) is 15.5. The number of aryl methyl sites for hydroxylation is 1. The summed E-state index contributed by atoms with van der Waals surface area (Å²) in [5, 5.41) is 3.12. The highest BCUT2D eigenvalue weighted by Crippen LogP contribution is 2.40. The maximum atomic E-state index is 12.8. The van der Waals surface area contributed by atoms with Gasteiger partial charge in [-0.05, 0) is 31.6 Å². The molecule has 0 unspecified atom stereocenters. The van der Waals surface area contributed by atoms with Crippen LogP contribution in [0.3, 0.4) is 0 Å². The molecular formula is C19H24N6O2. The van der Waals surface area contributed by atoms with E-state index in [1.807, 2.05) is 11.8 Å². The van der Waals surface area contributed by atoms with Gasteiger partial charge in [-0.25, -0.2) is 19.9 Å². The Morgan fingerprint density at radius 1 is 1.11 bits per heavy atom. The maximum absolute atomic E-state index is 12.8. The van der Waals surface area contributed by atoms with Crippen LogP contribution in [0.2, 0.25) is 0 Å². The first kappa shape index (κ1) is 17.8. The average molecular weight is 368 g/mol. The van der Waals surface area contributed by atoms with E-state index >= 15 is 0 Å². The molecule has 1 spiro atoms. The Labute approximate surface area is 158 Å². The van der Waals surface area contributed by atoms with Crippen molar-refractivity contribution in [1.29, 1.82) is 0 Å². The standard InChI is InChI=1S/C19H24N6O2/c1-14-20-8-15(9-21-14)10-22-18-23-11-16(12-24-18)17(26)25-5-2-19(13-25)3-6-27-7-4-19/h8-9,11-12H,2-7,10,13H2,1H3,(H,22,23,24). The number of anilines is 1. The Hall–Kier alpha value is -2.61. The van der Waals surface area contributed by atoms with E-state index in [1.165, 1.54) is 0 Å². The highest BCUT2D eigenvalue weighted by atomic mass is 16.5. The van der Waals surface area contributed by atoms with Crippen LogP contribution in [-0.4, -0.2) is 57.0 Å². The van der Waals surface area contributed by atoms with Gasteiger partial charge in [0.15, 0.2) is 0 Å². The van der Waals surface area contributed by atoms with Crippen molar-refractivity contribution in [2.24, 2.45) is 5.41 Å². The summed E-state index contributed by atoms with van der Waals surface area (Å²) in [6.07, 6.45) is 9.87. The van der Waals surface area contributed by atoms with Crippen molar-refractivity contribution in [2.75, 3.05) is 31.6 Å². The number of likely N-dealkylation sites (tertiary alicyclic amines) is 1.